The van der Waals surface area contributed by atoms with Crippen LogP contribution in [0.4, 0.5) is 8.78 Å². The van der Waals surface area contributed by atoms with Gasteiger partial charge in [-0.3, -0.25) is 9.36 Å². The van der Waals surface area contributed by atoms with E-state index < -0.39 is 13.2 Å². The number of nitriles is 2. The van der Waals surface area contributed by atoms with Crippen molar-refractivity contribution in [1.82, 2.24) is 0 Å². The summed E-state index contributed by atoms with van der Waals surface area (Å²) in [5, 5.41) is 26.5. The molecule has 7 nitrogen and oxygen atoms in total. The summed E-state index contributed by atoms with van der Waals surface area (Å²) in [6.07, 6.45) is 3.45. The van der Waals surface area contributed by atoms with E-state index in [1.807, 2.05) is 6.07 Å². The summed E-state index contributed by atoms with van der Waals surface area (Å²) >= 11 is 6.21. The van der Waals surface area contributed by atoms with Crippen molar-refractivity contribution in [3.63, 3.8) is 0 Å². The minimum Gasteiger partial charge on any atom is -0.850 e. The number of rotatable bonds is 6. The van der Waals surface area contributed by atoms with Crippen molar-refractivity contribution in [3.05, 3.63) is 74.2 Å². The van der Waals surface area contributed by atoms with Crippen LogP contribution in [-0.2, 0) is 13.6 Å². The van der Waals surface area contributed by atoms with E-state index in [0.717, 1.165) is 5.56 Å². The zero-order valence-corrected chi connectivity index (χ0v) is 29.2. The molecule has 0 aromatic heterocycles. The van der Waals surface area contributed by atoms with E-state index in [-0.39, 0.29) is 76.6 Å². The Morgan fingerprint density at radius 2 is 1.49 bits per heavy atom. The van der Waals surface area contributed by atoms with Gasteiger partial charge in [-0.05, 0) is 64.8 Å². The van der Waals surface area contributed by atoms with Gasteiger partial charge in [0.2, 0.25) is 0 Å². The monoisotopic (exact) mass is 718 g/mol. The van der Waals surface area contributed by atoms with Gasteiger partial charge in [-0.25, -0.2) is 8.78 Å². The summed E-state index contributed by atoms with van der Waals surface area (Å²) < 4.78 is 46.4. The minimum atomic E-state index is -3.06. The van der Waals surface area contributed by atoms with Gasteiger partial charge in [0.25, 0.3) is 0 Å². The van der Waals surface area contributed by atoms with Gasteiger partial charge >= 0.3 is 59.0 Å². The Morgan fingerprint density at radius 1 is 1.05 bits per heavy atom. The fourth-order valence-electron chi connectivity index (χ4n) is 1.81. The van der Waals surface area contributed by atoms with Crippen LogP contribution >= 0.6 is 39.5 Å². The fourth-order valence-corrected chi connectivity index (χ4v) is 3.63. The van der Waals surface area contributed by atoms with E-state index in [1.54, 1.807) is 45.9 Å². The molecule has 1 atom stereocenters. The number of hydrogen-bond acceptors (Lipinski definition) is 7. The van der Waals surface area contributed by atoms with Gasteiger partial charge in [-0.1, -0.05) is 50.2 Å². The van der Waals surface area contributed by atoms with Gasteiger partial charge in [0.05, 0.1) is 18.7 Å². The van der Waals surface area contributed by atoms with Gasteiger partial charge in [-0.2, -0.15) is 10.5 Å². The first-order chi connectivity index (χ1) is 17.2. The van der Waals surface area contributed by atoms with Crippen LogP contribution in [0.5, 0.6) is 0 Å². The maximum atomic E-state index is 12.6. The third-order valence-electron chi connectivity index (χ3n) is 3.26. The second-order valence-electron chi connectivity index (χ2n) is 7.55. The Morgan fingerprint density at radius 3 is 1.79 bits per heavy atom. The van der Waals surface area contributed by atoms with Crippen molar-refractivity contribution in [1.29, 1.82) is 10.5 Å². The first kappa shape index (κ1) is 45.4. The molecule has 0 radical (unpaired) electrons. The maximum Gasteiger partial charge on any atom is 1.00 e. The molecular weight excluding hydrogens is 688 g/mol. The summed E-state index contributed by atoms with van der Waals surface area (Å²) in [5.41, 5.74) is 0.499. The van der Waals surface area contributed by atoms with Crippen LogP contribution in [0.25, 0.3) is 6.08 Å². The molecule has 1 unspecified atom stereocenters. The number of allylic oxidation sites excluding steroid dienone is 1. The SMILES string of the molecule is C.CC(C)(C)[O-].CCOP(=O)(CC#N)OC.N#C/C=C/c1ccc(F)cc1Br.O=Cc1ccc(F)cc1Br.[K+]. The van der Waals surface area contributed by atoms with Gasteiger partial charge in [-0.15, -0.1) is 5.60 Å². The van der Waals surface area contributed by atoms with E-state index >= 15 is 0 Å². The Balaban J connectivity index is -0.000000213. The van der Waals surface area contributed by atoms with Gasteiger partial charge in [0.15, 0.2) is 6.29 Å². The second-order valence-corrected chi connectivity index (χ2v) is 11.4. The van der Waals surface area contributed by atoms with E-state index in [4.69, 9.17) is 15.0 Å². The molecular formula is C26H32Br2F2KN2O5P. The average Bonchev–Trinajstić information content (AvgIpc) is 2.79. The number of nitrogens with zero attached hydrogens (tertiary/aromatic N) is 2. The van der Waals surface area contributed by atoms with Crippen LogP contribution < -0.4 is 56.5 Å². The number of aldehydes is 1. The number of carbonyl (C=O) groups is 1. The summed E-state index contributed by atoms with van der Waals surface area (Å²) in [5.74, 6) is -0.645. The number of hydrogen-bond donors (Lipinski definition) is 0. The van der Waals surface area contributed by atoms with E-state index in [1.165, 1.54) is 43.5 Å². The third-order valence-corrected chi connectivity index (χ3v) is 6.37. The topological polar surface area (TPSA) is 123 Å². The average molecular weight is 720 g/mol. The second kappa shape index (κ2) is 25.1. The predicted molar refractivity (Wildman–Crippen MR) is 151 cm³/mol. The first-order valence-corrected chi connectivity index (χ1v) is 13.8. The van der Waals surface area contributed by atoms with Gasteiger partial charge in [0, 0.05) is 27.7 Å². The van der Waals surface area contributed by atoms with Crippen LogP contribution in [0.3, 0.4) is 0 Å². The molecule has 13 heteroatoms. The summed E-state index contributed by atoms with van der Waals surface area (Å²) in [4.78, 5) is 10.2. The molecule has 0 saturated heterocycles. The predicted octanol–water partition coefficient (Wildman–Crippen LogP) is 4.70. The molecule has 0 aliphatic carbocycles. The largest absolute Gasteiger partial charge is 1.00 e. The Kier molecular flexibility index (Phi) is 29.2. The van der Waals surface area contributed by atoms with Crippen molar-refractivity contribution in [3.8, 4) is 12.1 Å². The standard InChI is InChI=1S/C9H5BrFN.C7H4BrFO.C5H10NO3P.C4H9O.CH4.K/c10-9-6-8(11)4-3-7(9)2-1-5-12;8-7-3-6(9)2-1-5(7)4-10;1-3-9-10(7,8-2)5-4-6;1-4(2,3)5;;/h1-4,6H;1-4H;3,5H2,1-2H3;1-3H3;1H4;/q;;;-1;;+1/b2-1+;;;;;. The van der Waals surface area contributed by atoms with Crippen LogP contribution in [-0.4, -0.2) is 31.8 Å². The molecule has 2 aromatic carbocycles. The van der Waals surface area contributed by atoms with Crippen molar-refractivity contribution in [2.45, 2.75) is 40.7 Å². The number of halogens is 4. The van der Waals surface area contributed by atoms with Gasteiger partial charge < -0.3 is 14.2 Å². The molecule has 39 heavy (non-hydrogen) atoms. The molecule has 0 N–H and O–H groups in total. The van der Waals surface area contributed by atoms with Crippen LogP contribution in [0.1, 0.15) is 51.0 Å². The molecule has 0 aliphatic rings. The minimum absolute atomic E-state index is 0. The van der Waals surface area contributed by atoms with Crippen LogP contribution in [0, 0.1) is 34.3 Å². The van der Waals surface area contributed by atoms with Crippen LogP contribution in [0.2, 0.25) is 0 Å². The van der Waals surface area contributed by atoms with E-state index in [2.05, 4.69) is 36.4 Å². The maximum absolute atomic E-state index is 12.6. The van der Waals surface area contributed by atoms with Crippen molar-refractivity contribution < 1.29 is 83.7 Å². The smallest absolute Gasteiger partial charge is 0.850 e. The van der Waals surface area contributed by atoms with Gasteiger partial charge in [0.1, 0.15) is 17.8 Å². The molecule has 0 amide bonds. The molecule has 0 spiro atoms. The fraction of sp³-hybridized carbons (Fsp3) is 0.346. The van der Waals surface area contributed by atoms with E-state index in [0.29, 0.717) is 27.4 Å². The van der Waals surface area contributed by atoms with Crippen molar-refractivity contribution in [2.75, 3.05) is 19.9 Å². The molecule has 0 saturated carbocycles. The summed E-state index contributed by atoms with van der Waals surface area (Å²) in [6, 6.07) is 11.8. The molecule has 0 heterocycles. The summed E-state index contributed by atoms with van der Waals surface area (Å²) in [7, 11) is -1.79. The molecule has 0 aliphatic heterocycles. The van der Waals surface area contributed by atoms with Crippen LogP contribution in [0.15, 0.2) is 51.4 Å². The molecule has 210 valence electrons. The van der Waals surface area contributed by atoms with Crippen molar-refractivity contribution >= 4 is 51.8 Å². The molecule has 2 rings (SSSR count). The third kappa shape index (κ3) is 26.1. The summed E-state index contributed by atoms with van der Waals surface area (Å²) in [6.45, 7) is 6.89. The molecule has 0 fully saturated rings. The Labute approximate surface area is 289 Å². The Hall–Kier alpha value is -0.604. The van der Waals surface area contributed by atoms with E-state index in [9.17, 15) is 23.2 Å². The van der Waals surface area contributed by atoms with Crippen molar-refractivity contribution in [2.24, 2.45) is 0 Å². The first-order valence-electron chi connectivity index (χ1n) is 10.4. The molecule has 2 aromatic rings. The number of carbonyl (C=O) groups excluding carboxylic acids is 1. The normalized spacial score (nSPS) is 11.1. The zero-order chi connectivity index (χ0) is 29.1. The zero-order valence-electron chi connectivity index (χ0n) is 22.0. The molecule has 0 bridgehead atoms. The quantitative estimate of drug-likeness (QED) is 0.184. The number of benzene rings is 2. The Bertz CT molecular complexity index is 1140.